The van der Waals surface area contributed by atoms with E-state index in [0.29, 0.717) is 5.65 Å². The first kappa shape index (κ1) is 26.4. The van der Waals surface area contributed by atoms with Crippen LogP contribution in [0.2, 0.25) is 0 Å². The third-order valence-corrected chi connectivity index (χ3v) is 6.09. The normalized spacial score (nSPS) is 11.9. The molecule has 0 N–H and O–H groups in total. The van der Waals surface area contributed by atoms with E-state index in [4.69, 9.17) is 9.72 Å². The summed E-state index contributed by atoms with van der Waals surface area (Å²) in [6.07, 6.45) is 1.60. The first-order valence-corrected chi connectivity index (χ1v) is 12.1. The summed E-state index contributed by atoms with van der Waals surface area (Å²) in [7, 11) is 0. The predicted molar refractivity (Wildman–Crippen MR) is 140 cm³/mol. The van der Waals surface area contributed by atoms with Crippen LogP contribution in [-0.4, -0.2) is 37.4 Å². The fourth-order valence-electron chi connectivity index (χ4n) is 4.31. The molecule has 4 aromatic rings. The molecule has 0 unspecified atom stereocenters. The van der Waals surface area contributed by atoms with Gasteiger partial charge in [0, 0.05) is 24.4 Å². The Morgan fingerprint density at radius 1 is 1.13 bits per heavy atom. The first-order chi connectivity index (χ1) is 18.0. The zero-order valence-corrected chi connectivity index (χ0v) is 21.7. The van der Waals surface area contributed by atoms with Crippen LogP contribution in [0.3, 0.4) is 0 Å². The van der Waals surface area contributed by atoms with Gasteiger partial charge in [-0.15, -0.1) is 0 Å². The molecule has 0 aliphatic rings. The van der Waals surface area contributed by atoms with Gasteiger partial charge in [0.25, 0.3) is 17.2 Å². The standard InChI is InChI=1S/C27H27N5O6/c1-6-38-27(35)20-13-19-23(28-22-16(4)9-8-12-30(22)26(19)34)31(14-15(2)3)24(20)29-25(33)18-10-7-11-21(17(18)5)32(36)37/h7-13,15H,6,14H2,1-5H3. The lowest BCUT2D eigenvalue weighted by Gasteiger charge is -2.17. The lowest BCUT2D eigenvalue weighted by Crippen LogP contribution is -2.34. The average molecular weight is 518 g/mol. The lowest BCUT2D eigenvalue weighted by atomic mass is 10.1. The molecule has 11 nitrogen and oxygen atoms in total. The Morgan fingerprint density at radius 2 is 1.87 bits per heavy atom. The van der Waals surface area contributed by atoms with Gasteiger partial charge in [0.15, 0.2) is 5.49 Å². The predicted octanol–water partition coefficient (Wildman–Crippen LogP) is 3.75. The lowest BCUT2D eigenvalue weighted by molar-refractivity contribution is -0.385. The Morgan fingerprint density at radius 3 is 2.53 bits per heavy atom. The summed E-state index contributed by atoms with van der Waals surface area (Å²) in [5, 5.41) is 11.6. The molecular weight excluding hydrogens is 490 g/mol. The number of benzene rings is 1. The maximum absolute atomic E-state index is 13.5. The molecule has 0 atom stereocenters. The molecule has 0 aliphatic carbocycles. The highest BCUT2D eigenvalue weighted by Crippen LogP contribution is 2.22. The van der Waals surface area contributed by atoms with Crippen molar-refractivity contribution in [2.24, 2.45) is 10.9 Å². The van der Waals surface area contributed by atoms with Crippen molar-refractivity contribution in [3.8, 4) is 0 Å². The number of rotatable bonds is 6. The molecule has 0 spiro atoms. The molecule has 0 aliphatic heterocycles. The molecule has 0 bridgehead atoms. The molecule has 1 aromatic carbocycles. The number of hydrogen-bond donors (Lipinski definition) is 0. The van der Waals surface area contributed by atoms with Crippen LogP contribution in [0.1, 0.15) is 52.6 Å². The van der Waals surface area contributed by atoms with Crippen molar-refractivity contribution in [1.29, 1.82) is 0 Å². The van der Waals surface area contributed by atoms with E-state index in [1.54, 1.807) is 23.8 Å². The van der Waals surface area contributed by atoms with E-state index in [1.807, 2.05) is 26.8 Å². The van der Waals surface area contributed by atoms with Gasteiger partial charge in [-0.3, -0.25) is 24.1 Å². The fourth-order valence-corrected chi connectivity index (χ4v) is 4.31. The van der Waals surface area contributed by atoms with Crippen LogP contribution in [0.4, 0.5) is 5.69 Å². The number of ether oxygens (including phenoxy) is 1. The molecule has 1 amide bonds. The second-order valence-electron chi connectivity index (χ2n) is 9.27. The minimum absolute atomic E-state index is 0.0152. The van der Waals surface area contributed by atoms with Gasteiger partial charge in [0.2, 0.25) is 0 Å². The number of esters is 1. The Labute approximate surface area is 217 Å². The highest BCUT2D eigenvalue weighted by Gasteiger charge is 2.23. The minimum atomic E-state index is -0.776. The van der Waals surface area contributed by atoms with Gasteiger partial charge in [-0.2, -0.15) is 4.99 Å². The molecule has 0 saturated carbocycles. The second kappa shape index (κ2) is 10.4. The van der Waals surface area contributed by atoms with Crippen molar-refractivity contribution in [2.45, 2.75) is 41.2 Å². The van der Waals surface area contributed by atoms with Gasteiger partial charge in [-0.1, -0.05) is 26.0 Å². The highest BCUT2D eigenvalue weighted by atomic mass is 16.6. The second-order valence-corrected chi connectivity index (χ2v) is 9.27. The highest BCUT2D eigenvalue weighted by molar-refractivity contribution is 5.98. The molecule has 3 aromatic heterocycles. The van der Waals surface area contributed by atoms with Crippen molar-refractivity contribution < 1.29 is 19.2 Å². The largest absolute Gasteiger partial charge is 0.462 e. The molecular formula is C27H27N5O6. The molecule has 3 heterocycles. The smallest absolute Gasteiger partial charge is 0.341 e. The van der Waals surface area contributed by atoms with E-state index in [-0.39, 0.29) is 63.5 Å². The fraction of sp³-hybridized carbons (Fsp3) is 0.296. The Bertz CT molecular complexity index is 1750. The number of hydrogen-bond acceptors (Lipinski definition) is 7. The number of nitrogens with zero attached hydrogens (tertiary/aromatic N) is 5. The number of nitro groups is 1. The van der Waals surface area contributed by atoms with Gasteiger partial charge in [0.1, 0.15) is 16.9 Å². The number of fused-ring (bicyclic) bond motifs is 2. The minimum Gasteiger partial charge on any atom is -0.462 e. The van der Waals surface area contributed by atoms with Crippen molar-refractivity contribution in [2.75, 3.05) is 6.61 Å². The summed E-state index contributed by atoms with van der Waals surface area (Å²) < 4.78 is 8.22. The van der Waals surface area contributed by atoms with Gasteiger partial charge in [-0.25, -0.2) is 9.78 Å². The van der Waals surface area contributed by atoms with E-state index in [2.05, 4.69) is 4.99 Å². The Hall–Kier alpha value is -4.67. The van der Waals surface area contributed by atoms with Crippen LogP contribution < -0.4 is 11.0 Å². The number of nitro benzene ring substituents is 1. The Balaban J connectivity index is 2.16. The monoisotopic (exact) mass is 517 g/mol. The van der Waals surface area contributed by atoms with Crippen molar-refractivity contribution in [3.05, 3.63) is 90.8 Å². The number of amides is 1. The summed E-state index contributed by atoms with van der Waals surface area (Å²) in [5.41, 5.74) is 0.899. The molecule has 4 rings (SSSR count). The van der Waals surface area contributed by atoms with Gasteiger partial charge >= 0.3 is 5.97 Å². The number of aromatic nitrogens is 3. The van der Waals surface area contributed by atoms with Gasteiger partial charge in [-0.05, 0) is 50.5 Å². The van der Waals surface area contributed by atoms with Crippen molar-refractivity contribution in [3.63, 3.8) is 0 Å². The zero-order chi connectivity index (χ0) is 27.7. The van der Waals surface area contributed by atoms with Gasteiger partial charge in [0.05, 0.1) is 22.5 Å². The topological polar surface area (TPSA) is 138 Å². The molecule has 38 heavy (non-hydrogen) atoms. The van der Waals surface area contributed by atoms with Crippen LogP contribution in [0.5, 0.6) is 0 Å². The maximum Gasteiger partial charge on any atom is 0.341 e. The average Bonchev–Trinajstić information content (AvgIpc) is 2.86. The summed E-state index contributed by atoms with van der Waals surface area (Å²) in [5.74, 6) is -1.52. The van der Waals surface area contributed by atoms with E-state index in [9.17, 15) is 24.5 Å². The van der Waals surface area contributed by atoms with Crippen LogP contribution in [0.15, 0.2) is 52.4 Å². The van der Waals surface area contributed by atoms with Crippen molar-refractivity contribution >= 4 is 34.2 Å². The molecule has 11 heteroatoms. The van der Waals surface area contributed by atoms with Crippen LogP contribution in [0.25, 0.3) is 16.7 Å². The zero-order valence-electron chi connectivity index (χ0n) is 21.7. The number of carbonyl (C=O) groups excluding carboxylic acids is 2. The number of carbonyl (C=O) groups is 2. The van der Waals surface area contributed by atoms with E-state index >= 15 is 0 Å². The molecule has 0 fully saturated rings. The summed E-state index contributed by atoms with van der Waals surface area (Å²) in [4.78, 5) is 59.9. The quantitative estimate of drug-likeness (QED) is 0.164. The molecule has 0 saturated heterocycles. The number of pyridine rings is 2. The van der Waals surface area contributed by atoms with Crippen LogP contribution in [-0.2, 0) is 11.3 Å². The van der Waals surface area contributed by atoms with E-state index in [1.165, 1.54) is 35.6 Å². The molecule has 0 radical (unpaired) electrons. The molecule has 196 valence electrons. The first-order valence-electron chi connectivity index (χ1n) is 12.1. The summed E-state index contributed by atoms with van der Waals surface area (Å²) in [6.45, 7) is 9.14. The summed E-state index contributed by atoms with van der Waals surface area (Å²) in [6, 6.07) is 9.05. The van der Waals surface area contributed by atoms with Crippen LogP contribution >= 0.6 is 0 Å². The van der Waals surface area contributed by atoms with Crippen LogP contribution in [0, 0.1) is 29.9 Å². The van der Waals surface area contributed by atoms with Gasteiger partial charge < -0.3 is 9.30 Å². The van der Waals surface area contributed by atoms with Crippen molar-refractivity contribution in [1.82, 2.24) is 14.0 Å². The van der Waals surface area contributed by atoms with E-state index < -0.39 is 16.8 Å². The van der Waals surface area contributed by atoms with E-state index in [0.717, 1.165) is 5.56 Å². The third-order valence-electron chi connectivity index (χ3n) is 6.09. The SMILES string of the molecule is CCOC(=O)c1cc2c(=O)n3cccc(C)c3nc2n(CC(C)C)c1=NC(=O)c1cccc([N+](=O)[O-])c1C. The summed E-state index contributed by atoms with van der Waals surface area (Å²) >= 11 is 0. The number of aryl methyl sites for hydroxylation is 1. The third kappa shape index (κ3) is 4.70. The Kier molecular flexibility index (Phi) is 7.20. The maximum atomic E-state index is 13.5.